The van der Waals surface area contributed by atoms with E-state index in [4.69, 9.17) is 0 Å². The summed E-state index contributed by atoms with van der Waals surface area (Å²) < 4.78 is 11.4. The Morgan fingerprint density at radius 1 is 1.26 bits per heavy atom. The molecule has 2 aliphatic rings. The third kappa shape index (κ3) is 4.30. The lowest BCUT2D eigenvalue weighted by Crippen LogP contribution is -2.41. The maximum atomic E-state index is 12.5. The van der Waals surface area contributed by atoms with Gasteiger partial charge >= 0.3 is 0 Å². The summed E-state index contributed by atoms with van der Waals surface area (Å²) in [6.07, 6.45) is 4.86. The topological polar surface area (TPSA) is 83.1 Å². The number of hydrogen-bond donors (Lipinski definition) is 1. The van der Waals surface area contributed by atoms with Crippen LogP contribution in [-0.2, 0) is 34.2 Å². The van der Waals surface area contributed by atoms with Crippen molar-refractivity contribution in [3.8, 4) is 0 Å². The number of amides is 1. The Hall–Kier alpha value is -1.19. The number of hydrogen-bond acceptors (Lipinski definition) is 6. The molecule has 9 heteroatoms. The van der Waals surface area contributed by atoms with Gasteiger partial charge in [-0.05, 0) is 31.2 Å². The minimum absolute atomic E-state index is 0.0209. The molecule has 2 aromatic rings. The predicted molar refractivity (Wildman–Crippen MR) is 112 cm³/mol. The summed E-state index contributed by atoms with van der Waals surface area (Å²) in [5, 5.41) is 0.793. The van der Waals surface area contributed by atoms with Crippen LogP contribution < -0.4 is 5.56 Å². The molecule has 1 fully saturated rings. The highest BCUT2D eigenvalue weighted by Crippen LogP contribution is 2.33. The molecule has 4 rings (SSSR count). The number of nitrogens with zero attached hydrogens (tertiary/aromatic N) is 2. The van der Waals surface area contributed by atoms with Gasteiger partial charge in [0.15, 0.2) is 0 Å². The molecule has 0 bridgehead atoms. The van der Waals surface area contributed by atoms with Gasteiger partial charge in [-0.1, -0.05) is 0 Å². The fraction of sp³-hybridized carbons (Fsp3) is 0.611. The van der Waals surface area contributed by atoms with Crippen LogP contribution >= 0.6 is 23.1 Å². The number of carbonyl (C=O) groups is 1. The molecule has 1 N–H and O–H groups in total. The van der Waals surface area contributed by atoms with Crippen LogP contribution in [0.3, 0.4) is 0 Å². The summed E-state index contributed by atoms with van der Waals surface area (Å²) in [6.45, 7) is 1.20. The van der Waals surface area contributed by atoms with E-state index in [0.717, 1.165) is 29.5 Å². The van der Waals surface area contributed by atoms with E-state index in [1.54, 1.807) is 23.1 Å². The van der Waals surface area contributed by atoms with Gasteiger partial charge in [0.2, 0.25) is 5.91 Å². The van der Waals surface area contributed by atoms with Gasteiger partial charge in [0, 0.05) is 52.4 Å². The molecule has 0 atom stereocenters. The smallest absolute Gasteiger partial charge is 0.259 e. The van der Waals surface area contributed by atoms with Crippen LogP contribution in [0.4, 0.5) is 0 Å². The Labute approximate surface area is 168 Å². The molecule has 0 unspecified atom stereocenters. The summed E-state index contributed by atoms with van der Waals surface area (Å²) >= 11 is 3.28. The zero-order chi connectivity index (χ0) is 18.8. The van der Waals surface area contributed by atoms with Gasteiger partial charge < -0.3 is 9.88 Å². The highest BCUT2D eigenvalue weighted by atomic mass is 32.2. The molecule has 1 aliphatic carbocycles. The number of thioether (sulfide) groups is 1. The average Bonchev–Trinajstić information content (AvgIpc) is 3.04. The molecule has 6 nitrogen and oxygen atoms in total. The van der Waals surface area contributed by atoms with Crippen molar-refractivity contribution in [3.05, 3.63) is 26.6 Å². The lowest BCUT2D eigenvalue weighted by atomic mass is 9.97. The number of fused-ring (bicyclic) bond motifs is 3. The van der Waals surface area contributed by atoms with Gasteiger partial charge in [-0.15, -0.1) is 11.3 Å². The Balaban J connectivity index is 1.33. The van der Waals surface area contributed by atoms with Crippen molar-refractivity contribution in [1.29, 1.82) is 0 Å². The number of aromatic amines is 1. The minimum Gasteiger partial charge on any atom is -0.341 e. The minimum atomic E-state index is -0.762. The van der Waals surface area contributed by atoms with E-state index in [2.05, 4.69) is 9.97 Å². The number of aromatic nitrogens is 2. The van der Waals surface area contributed by atoms with Gasteiger partial charge in [0.25, 0.3) is 5.56 Å². The maximum Gasteiger partial charge on any atom is 0.259 e. The van der Waals surface area contributed by atoms with Crippen LogP contribution in [0.25, 0.3) is 10.2 Å². The van der Waals surface area contributed by atoms with Crippen LogP contribution in [0.15, 0.2) is 4.79 Å². The summed E-state index contributed by atoms with van der Waals surface area (Å²) in [4.78, 5) is 36.3. The second-order valence-corrected chi connectivity index (χ2v) is 10.8. The number of rotatable bonds is 5. The van der Waals surface area contributed by atoms with Crippen molar-refractivity contribution in [2.24, 2.45) is 0 Å². The largest absolute Gasteiger partial charge is 0.341 e. The molecule has 0 saturated carbocycles. The third-order valence-electron chi connectivity index (χ3n) is 5.10. The molecule has 1 saturated heterocycles. The van der Waals surface area contributed by atoms with Gasteiger partial charge in [-0.25, -0.2) is 4.98 Å². The van der Waals surface area contributed by atoms with E-state index in [-0.39, 0.29) is 11.5 Å². The summed E-state index contributed by atoms with van der Waals surface area (Å²) in [5.74, 6) is 3.30. The average molecular weight is 426 g/mol. The normalized spacial score (nSPS) is 18.0. The Morgan fingerprint density at radius 2 is 2.04 bits per heavy atom. The number of carbonyl (C=O) groups excluding carboxylic acids is 1. The van der Waals surface area contributed by atoms with Crippen LogP contribution in [-0.4, -0.2) is 55.3 Å². The molecule has 2 aromatic heterocycles. The van der Waals surface area contributed by atoms with E-state index in [1.165, 1.54) is 16.9 Å². The Morgan fingerprint density at radius 3 is 2.85 bits per heavy atom. The fourth-order valence-electron chi connectivity index (χ4n) is 3.65. The van der Waals surface area contributed by atoms with Gasteiger partial charge in [0.1, 0.15) is 10.7 Å². The monoisotopic (exact) mass is 425 g/mol. The molecule has 1 amide bonds. The molecule has 3 heterocycles. The molecule has 146 valence electrons. The quantitative estimate of drug-likeness (QED) is 0.742. The van der Waals surface area contributed by atoms with E-state index < -0.39 is 10.8 Å². The summed E-state index contributed by atoms with van der Waals surface area (Å²) in [6, 6.07) is 0. The molecular formula is C18H23N3O3S3. The lowest BCUT2D eigenvalue weighted by molar-refractivity contribution is -0.130. The van der Waals surface area contributed by atoms with E-state index >= 15 is 0 Å². The number of thiophene rings is 1. The standard InChI is InChI=1S/C18H23N3O3S3/c22-15(21-6-9-27(24)10-7-21)5-8-25-11-14-19-17(23)16-12-3-1-2-4-13(12)26-18(16)20-14/h1-11H2,(H,19,20,23). The van der Waals surface area contributed by atoms with Crippen LogP contribution in [0.2, 0.25) is 0 Å². The Kier molecular flexibility index (Phi) is 5.99. The van der Waals surface area contributed by atoms with E-state index in [0.29, 0.717) is 48.3 Å². The number of H-pyrrole nitrogens is 1. The first-order chi connectivity index (χ1) is 13.1. The zero-order valence-corrected chi connectivity index (χ0v) is 17.6. The second-order valence-electron chi connectivity index (χ2n) is 6.94. The van der Waals surface area contributed by atoms with Gasteiger partial charge in [-0.3, -0.25) is 13.8 Å². The predicted octanol–water partition coefficient (Wildman–Crippen LogP) is 2.08. The van der Waals surface area contributed by atoms with Crippen molar-refractivity contribution in [1.82, 2.24) is 14.9 Å². The molecular weight excluding hydrogens is 402 g/mol. The van der Waals surface area contributed by atoms with E-state index in [1.807, 2.05) is 4.90 Å². The first-order valence-electron chi connectivity index (χ1n) is 9.36. The number of nitrogens with one attached hydrogen (secondary N) is 1. The molecule has 0 radical (unpaired) electrons. The van der Waals surface area contributed by atoms with Gasteiger partial charge in [0.05, 0.1) is 11.1 Å². The fourth-order valence-corrected chi connectivity index (χ4v) is 6.78. The second kappa shape index (κ2) is 8.45. The summed E-state index contributed by atoms with van der Waals surface area (Å²) in [5.41, 5.74) is 1.19. The maximum absolute atomic E-state index is 12.5. The van der Waals surface area contributed by atoms with E-state index in [9.17, 15) is 13.8 Å². The lowest BCUT2D eigenvalue weighted by Gasteiger charge is -2.26. The zero-order valence-electron chi connectivity index (χ0n) is 15.1. The molecule has 1 aliphatic heterocycles. The highest BCUT2D eigenvalue weighted by molar-refractivity contribution is 7.98. The van der Waals surface area contributed by atoms with Crippen molar-refractivity contribution in [2.75, 3.05) is 30.3 Å². The van der Waals surface area contributed by atoms with Crippen molar-refractivity contribution in [2.45, 2.75) is 37.9 Å². The first-order valence-corrected chi connectivity index (χ1v) is 12.8. The van der Waals surface area contributed by atoms with Crippen molar-refractivity contribution < 1.29 is 9.00 Å². The first kappa shape index (κ1) is 19.1. The van der Waals surface area contributed by atoms with Crippen LogP contribution in [0, 0.1) is 0 Å². The van der Waals surface area contributed by atoms with Gasteiger partial charge in [-0.2, -0.15) is 11.8 Å². The van der Waals surface area contributed by atoms with Crippen molar-refractivity contribution >= 4 is 50.0 Å². The molecule has 0 spiro atoms. The third-order valence-corrected chi connectivity index (χ3v) is 8.54. The molecule has 0 aromatic carbocycles. The highest BCUT2D eigenvalue weighted by Gasteiger charge is 2.21. The van der Waals surface area contributed by atoms with Crippen LogP contribution in [0.5, 0.6) is 0 Å². The molecule has 27 heavy (non-hydrogen) atoms. The van der Waals surface area contributed by atoms with Crippen LogP contribution in [0.1, 0.15) is 35.5 Å². The number of aryl methyl sites for hydroxylation is 2. The summed E-state index contributed by atoms with van der Waals surface area (Å²) in [7, 11) is -0.762. The van der Waals surface area contributed by atoms with Crippen molar-refractivity contribution in [3.63, 3.8) is 0 Å². The SMILES string of the molecule is O=C(CCSCc1nc2sc3c(c2c(=O)[nH]1)CCCC3)N1CCS(=O)CC1. The Bertz CT molecular complexity index is 927.